The molecule has 0 aliphatic carbocycles. The molecule has 1 saturated heterocycles. The minimum Gasteiger partial charge on any atom is -0.444 e. The molecule has 0 unspecified atom stereocenters. The van der Waals surface area contributed by atoms with Gasteiger partial charge in [-0.3, -0.25) is 4.79 Å². The maximum absolute atomic E-state index is 12.4. The van der Waals surface area contributed by atoms with Gasteiger partial charge < -0.3 is 14.5 Å². The fraction of sp³-hybridized carbons (Fsp3) is 0.524. The Bertz CT molecular complexity index is 689. The summed E-state index contributed by atoms with van der Waals surface area (Å²) in [6.07, 6.45) is 4.96. The largest absolute Gasteiger partial charge is 0.444 e. The minimum absolute atomic E-state index is 0.0321. The molecular weight excluding hydrogens is 408 g/mol. The lowest BCUT2D eigenvalue weighted by atomic mass is 9.96. The molecule has 5 nitrogen and oxygen atoms in total. The van der Waals surface area contributed by atoms with Crippen molar-refractivity contribution < 1.29 is 14.3 Å². The number of rotatable bonds is 4. The summed E-state index contributed by atoms with van der Waals surface area (Å²) in [5.41, 5.74) is 0.501. The van der Waals surface area contributed by atoms with Gasteiger partial charge in [-0.15, -0.1) is 0 Å². The Morgan fingerprint density at radius 3 is 2.48 bits per heavy atom. The molecule has 0 N–H and O–H groups in total. The standard InChI is InChI=1S/C21H29BrN2O3/c1-21(2,3)27-20(26)23(4)15-16-11-13-24(14-12-16)19(25)10-9-17-7-5-6-8-18(17)22/h5-10,16H,11-15H2,1-4H3/b10-9+. The van der Waals surface area contributed by atoms with Gasteiger partial charge in [0.05, 0.1) is 0 Å². The highest BCUT2D eigenvalue weighted by atomic mass is 79.9. The lowest BCUT2D eigenvalue weighted by Gasteiger charge is -2.34. The van der Waals surface area contributed by atoms with Crippen LogP contribution >= 0.6 is 15.9 Å². The molecule has 0 bridgehead atoms. The predicted molar refractivity (Wildman–Crippen MR) is 111 cm³/mol. The quantitative estimate of drug-likeness (QED) is 0.649. The molecule has 0 radical (unpaired) electrons. The Morgan fingerprint density at radius 1 is 1.26 bits per heavy atom. The molecule has 2 amide bonds. The monoisotopic (exact) mass is 436 g/mol. The van der Waals surface area contributed by atoms with Gasteiger partial charge in [-0.05, 0) is 57.2 Å². The Morgan fingerprint density at radius 2 is 1.89 bits per heavy atom. The van der Waals surface area contributed by atoms with E-state index in [1.54, 1.807) is 18.0 Å². The van der Waals surface area contributed by atoms with Crippen molar-refractivity contribution in [3.63, 3.8) is 0 Å². The fourth-order valence-corrected chi connectivity index (χ4v) is 3.43. The van der Waals surface area contributed by atoms with Gasteiger partial charge in [0, 0.05) is 37.2 Å². The second-order valence-electron chi connectivity index (χ2n) is 7.98. The first-order valence-corrected chi connectivity index (χ1v) is 10.1. The summed E-state index contributed by atoms with van der Waals surface area (Å²) in [4.78, 5) is 28.0. The summed E-state index contributed by atoms with van der Waals surface area (Å²) in [6.45, 7) is 7.68. The number of piperidine rings is 1. The molecule has 1 aromatic rings. The molecule has 6 heteroatoms. The maximum Gasteiger partial charge on any atom is 0.410 e. The van der Waals surface area contributed by atoms with E-state index in [0.29, 0.717) is 25.6 Å². The van der Waals surface area contributed by atoms with Gasteiger partial charge in [-0.25, -0.2) is 4.79 Å². The summed E-state index contributed by atoms with van der Waals surface area (Å²) < 4.78 is 6.36. The SMILES string of the molecule is CN(CC1CCN(C(=O)/C=C/c2ccccc2Br)CC1)C(=O)OC(C)(C)C. The van der Waals surface area contributed by atoms with E-state index in [-0.39, 0.29) is 12.0 Å². The molecule has 1 heterocycles. The van der Waals surface area contributed by atoms with E-state index in [1.807, 2.05) is 56.0 Å². The second-order valence-corrected chi connectivity index (χ2v) is 8.84. The van der Waals surface area contributed by atoms with Crippen LogP contribution < -0.4 is 0 Å². The minimum atomic E-state index is -0.485. The van der Waals surface area contributed by atoms with Crippen LogP contribution in [0.15, 0.2) is 34.8 Å². The highest BCUT2D eigenvalue weighted by molar-refractivity contribution is 9.10. The van der Waals surface area contributed by atoms with Crippen LogP contribution in [0.2, 0.25) is 0 Å². The highest BCUT2D eigenvalue weighted by Crippen LogP contribution is 2.21. The number of hydrogen-bond acceptors (Lipinski definition) is 3. The van der Waals surface area contributed by atoms with E-state index in [9.17, 15) is 9.59 Å². The molecule has 148 valence electrons. The number of halogens is 1. The first-order chi connectivity index (χ1) is 12.7. The average molecular weight is 437 g/mol. The fourth-order valence-electron chi connectivity index (χ4n) is 3.01. The Balaban J connectivity index is 1.80. The van der Waals surface area contributed by atoms with Crippen molar-refractivity contribution in [1.29, 1.82) is 0 Å². The number of hydrogen-bond donors (Lipinski definition) is 0. The molecule has 1 fully saturated rings. The van der Waals surface area contributed by atoms with Crippen molar-refractivity contribution in [2.24, 2.45) is 5.92 Å². The summed E-state index contributed by atoms with van der Waals surface area (Å²) in [7, 11) is 1.77. The molecule has 0 spiro atoms. The topological polar surface area (TPSA) is 49.9 Å². The summed E-state index contributed by atoms with van der Waals surface area (Å²) >= 11 is 3.48. The summed E-state index contributed by atoms with van der Waals surface area (Å²) in [5.74, 6) is 0.420. The smallest absolute Gasteiger partial charge is 0.410 e. The molecule has 1 aromatic carbocycles. The van der Waals surface area contributed by atoms with Crippen LogP contribution in [0.3, 0.4) is 0 Å². The third-order valence-corrected chi connectivity index (χ3v) is 5.20. The number of amides is 2. The van der Waals surface area contributed by atoms with E-state index in [2.05, 4.69) is 15.9 Å². The van der Waals surface area contributed by atoms with Crippen molar-refractivity contribution in [3.05, 3.63) is 40.4 Å². The lowest BCUT2D eigenvalue weighted by molar-refractivity contribution is -0.127. The zero-order valence-electron chi connectivity index (χ0n) is 16.6. The van der Waals surface area contributed by atoms with Crippen LogP contribution in [0.1, 0.15) is 39.2 Å². The zero-order chi connectivity index (χ0) is 20.0. The first kappa shape index (κ1) is 21.5. The van der Waals surface area contributed by atoms with E-state index in [4.69, 9.17) is 4.74 Å². The van der Waals surface area contributed by atoms with Crippen molar-refractivity contribution in [2.45, 2.75) is 39.2 Å². The number of ether oxygens (including phenoxy) is 1. The zero-order valence-corrected chi connectivity index (χ0v) is 18.2. The molecular formula is C21H29BrN2O3. The van der Waals surface area contributed by atoms with Gasteiger partial charge in [0.2, 0.25) is 5.91 Å². The van der Waals surface area contributed by atoms with Crippen LogP contribution in [0.4, 0.5) is 4.79 Å². The van der Waals surface area contributed by atoms with Crippen molar-refractivity contribution in [1.82, 2.24) is 9.80 Å². The van der Waals surface area contributed by atoms with Crippen LogP contribution in [0.5, 0.6) is 0 Å². The van der Waals surface area contributed by atoms with Crippen LogP contribution in [0, 0.1) is 5.92 Å². The Kier molecular flexibility index (Phi) is 7.48. The van der Waals surface area contributed by atoms with Gasteiger partial charge in [0.1, 0.15) is 5.60 Å². The highest BCUT2D eigenvalue weighted by Gasteiger charge is 2.26. The molecule has 1 aliphatic heterocycles. The number of nitrogens with zero attached hydrogens (tertiary/aromatic N) is 2. The normalized spacial score (nSPS) is 15.8. The molecule has 0 saturated carbocycles. The first-order valence-electron chi connectivity index (χ1n) is 9.31. The van der Waals surface area contributed by atoms with Crippen LogP contribution in [-0.2, 0) is 9.53 Å². The second kappa shape index (κ2) is 9.40. The van der Waals surface area contributed by atoms with Crippen LogP contribution in [0.25, 0.3) is 6.08 Å². The van der Waals surface area contributed by atoms with Crippen molar-refractivity contribution >= 4 is 34.0 Å². The number of likely N-dealkylation sites (tertiary alicyclic amines) is 1. The van der Waals surface area contributed by atoms with Gasteiger partial charge in [-0.1, -0.05) is 34.1 Å². The number of benzene rings is 1. The molecule has 27 heavy (non-hydrogen) atoms. The summed E-state index contributed by atoms with van der Waals surface area (Å²) in [5, 5.41) is 0. The van der Waals surface area contributed by atoms with E-state index in [0.717, 1.165) is 22.9 Å². The molecule has 2 rings (SSSR count). The van der Waals surface area contributed by atoms with Gasteiger partial charge in [0.15, 0.2) is 0 Å². The Hall–Kier alpha value is -1.82. The number of carbonyl (C=O) groups excluding carboxylic acids is 2. The van der Waals surface area contributed by atoms with Gasteiger partial charge >= 0.3 is 6.09 Å². The third-order valence-electron chi connectivity index (χ3n) is 4.47. The van der Waals surface area contributed by atoms with Crippen molar-refractivity contribution in [2.75, 3.05) is 26.7 Å². The third kappa shape index (κ3) is 7.01. The molecule has 0 atom stereocenters. The summed E-state index contributed by atoms with van der Waals surface area (Å²) in [6, 6.07) is 7.81. The molecule has 1 aliphatic rings. The Labute approximate surface area is 170 Å². The van der Waals surface area contributed by atoms with Gasteiger partial charge in [0.25, 0.3) is 0 Å². The van der Waals surface area contributed by atoms with Crippen LogP contribution in [-0.4, -0.2) is 54.1 Å². The van der Waals surface area contributed by atoms with Crippen molar-refractivity contribution in [3.8, 4) is 0 Å². The predicted octanol–water partition coefficient (Wildman–Crippen LogP) is 4.57. The lowest BCUT2D eigenvalue weighted by Crippen LogP contribution is -2.42. The van der Waals surface area contributed by atoms with Gasteiger partial charge in [-0.2, -0.15) is 0 Å². The van der Waals surface area contributed by atoms with E-state index >= 15 is 0 Å². The number of carbonyl (C=O) groups is 2. The average Bonchev–Trinajstić information content (AvgIpc) is 2.60. The van der Waals surface area contributed by atoms with E-state index in [1.165, 1.54) is 0 Å². The van der Waals surface area contributed by atoms with E-state index < -0.39 is 5.60 Å². The maximum atomic E-state index is 12.4. The molecule has 0 aromatic heterocycles.